The molecule has 3 aromatic rings. The number of hydrogen-bond acceptors (Lipinski definition) is 4. The van der Waals surface area contributed by atoms with Crippen LogP contribution in [-0.4, -0.2) is 40.6 Å². The molecule has 6 heteroatoms. The zero-order chi connectivity index (χ0) is 17.2. The monoisotopic (exact) mass is 339 g/mol. The van der Waals surface area contributed by atoms with Gasteiger partial charge in [0.2, 0.25) is 5.91 Å². The van der Waals surface area contributed by atoms with Gasteiger partial charge in [-0.05, 0) is 24.3 Å². The molecule has 1 aromatic carbocycles. The van der Waals surface area contributed by atoms with Crippen molar-refractivity contribution in [1.29, 1.82) is 0 Å². The molecular formula is C19H21N3O3. The SMILES string of the molecule is COCCn1c([C@@H]2CC(=O)N(Cc3ccco3)C2)nc2ccccc21. The maximum atomic E-state index is 12.4. The molecule has 1 saturated heterocycles. The Balaban J connectivity index is 1.62. The highest BCUT2D eigenvalue weighted by molar-refractivity contribution is 5.80. The number of benzene rings is 1. The van der Waals surface area contributed by atoms with Gasteiger partial charge in [-0.25, -0.2) is 4.98 Å². The lowest BCUT2D eigenvalue weighted by molar-refractivity contribution is -0.128. The molecule has 0 N–H and O–H groups in total. The molecule has 6 nitrogen and oxygen atoms in total. The summed E-state index contributed by atoms with van der Waals surface area (Å²) in [5, 5.41) is 0. The number of aromatic nitrogens is 2. The van der Waals surface area contributed by atoms with E-state index in [1.165, 1.54) is 0 Å². The Morgan fingerprint density at radius 3 is 2.96 bits per heavy atom. The molecule has 0 unspecified atom stereocenters. The van der Waals surface area contributed by atoms with Crippen molar-refractivity contribution in [2.75, 3.05) is 20.3 Å². The van der Waals surface area contributed by atoms with E-state index in [1.54, 1.807) is 13.4 Å². The van der Waals surface area contributed by atoms with E-state index in [9.17, 15) is 4.79 Å². The summed E-state index contributed by atoms with van der Waals surface area (Å²) in [5.41, 5.74) is 2.05. The van der Waals surface area contributed by atoms with Crippen molar-refractivity contribution >= 4 is 16.9 Å². The van der Waals surface area contributed by atoms with Crippen LogP contribution >= 0.6 is 0 Å². The molecule has 2 aromatic heterocycles. The second kappa shape index (κ2) is 6.72. The van der Waals surface area contributed by atoms with Crippen LogP contribution in [0, 0.1) is 0 Å². The lowest BCUT2D eigenvalue weighted by Crippen LogP contribution is -2.24. The number of furan rings is 1. The Bertz CT molecular complexity index is 869. The second-order valence-electron chi connectivity index (χ2n) is 6.36. The van der Waals surface area contributed by atoms with E-state index in [2.05, 4.69) is 10.6 Å². The summed E-state index contributed by atoms with van der Waals surface area (Å²) in [7, 11) is 1.70. The Morgan fingerprint density at radius 2 is 2.16 bits per heavy atom. The van der Waals surface area contributed by atoms with E-state index in [-0.39, 0.29) is 11.8 Å². The van der Waals surface area contributed by atoms with Gasteiger partial charge in [-0.2, -0.15) is 0 Å². The third-order valence-electron chi connectivity index (χ3n) is 4.71. The summed E-state index contributed by atoms with van der Waals surface area (Å²) in [6.07, 6.45) is 2.12. The van der Waals surface area contributed by atoms with Gasteiger partial charge in [0.1, 0.15) is 11.6 Å². The van der Waals surface area contributed by atoms with Gasteiger partial charge in [-0.15, -0.1) is 0 Å². The number of methoxy groups -OCH3 is 1. The number of rotatable bonds is 6. The minimum atomic E-state index is 0.0896. The number of fused-ring (bicyclic) bond motifs is 1. The van der Waals surface area contributed by atoms with Crippen LogP contribution in [0.15, 0.2) is 47.1 Å². The molecule has 1 aliphatic heterocycles. The molecule has 0 radical (unpaired) electrons. The Labute approximate surface area is 146 Å². The fourth-order valence-electron chi connectivity index (χ4n) is 3.51. The molecule has 0 aliphatic carbocycles. The fourth-order valence-corrected chi connectivity index (χ4v) is 3.51. The molecule has 25 heavy (non-hydrogen) atoms. The highest BCUT2D eigenvalue weighted by Crippen LogP contribution is 2.31. The van der Waals surface area contributed by atoms with Crippen LogP contribution < -0.4 is 0 Å². The summed E-state index contributed by atoms with van der Waals surface area (Å²) < 4.78 is 12.8. The van der Waals surface area contributed by atoms with E-state index < -0.39 is 0 Å². The van der Waals surface area contributed by atoms with Crippen molar-refractivity contribution in [2.45, 2.75) is 25.4 Å². The van der Waals surface area contributed by atoms with Crippen molar-refractivity contribution in [3.05, 3.63) is 54.2 Å². The van der Waals surface area contributed by atoms with Gasteiger partial charge in [0, 0.05) is 32.5 Å². The standard InChI is InChI=1S/C19H21N3O3/c1-24-10-8-22-17-7-3-2-6-16(17)20-19(22)14-11-18(23)21(12-14)13-15-5-4-9-25-15/h2-7,9,14H,8,10-13H2,1H3/t14-/m1/s1. The van der Waals surface area contributed by atoms with Crippen molar-refractivity contribution < 1.29 is 13.9 Å². The van der Waals surface area contributed by atoms with Crippen LogP contribution in [0.2, 0.25) is 0 Å². The van der Waals surface area contributed by atoms with Gasteiger partial charge in [-0.3, -0.25) is 4.79 Å². The lowest BCUT2D eigenvalue weighted by atomic mass is 10.1. The molecule has 0 bridgehead atoms. The van der Waals surface area contributed by atoms with Crippen molar-refractivity contribution in [1.82, 2.24) is 14.5 Å². The predicted octanol–water partition coefficient (Wildman–Crippen LogP) is 2.79. The number of hydrogen-bond donors (Lipinski definition) is 0. The quantitative estimate of drug-likeness (QED) is 0.693. The highest BCUT2D eigenvalue weighted by atomic mass is 16.5. The smallest absolute Gasteiger partial charge is 0.223 e. The minimum absolute atomic E-state index is 0.0896. The van der Waals surface area contributed by atoms with Crippen LogP contribution in [0.3, 0.4) is 0 Å². The number of carbonyl (C=O) groups excluding carboxylic acids is 1. The first-order valence-electron chi connectivity index (χ1n) is 8.50. The number of likely N-dealkylation sites (tertiary alicyclic amines) is 1. The van der Waals surface area contributed by atoms with E-state index >= 15 is 0 Å². The van der Waals surface area contributed by atoms with Gasteiger partial charge in [-0.1, -0.05) is 12.1 Å². The van der Waals surface area contributed by atoms with E-state index in [1.807, 2.05) is 35.2 Å². The molecule has 1 fully saturated rings. The zero-order valence-electron chi connectivity index (χ0n) is 14.2. The fraction of sp³-hybridized carbons (Fsp3) is 0.368. The lowest BCUT2D eigenvalue weighted by Gasteiger charge is -2.16. The van der Waals surface area contributed by atoms with Crippen LogP contribution in [0.25, 0.3) is 11.0 Å². The van der Waals surface area contributed by atoms with Crippen LogP contribution in [0.5, 0.6) is 0 Å². The summed E-state index contributed by atoms with van der Waals surface area (Å²) in [5.74, 6) is 2.01. The van der Waals surface area contributed by atoms with E-state index in [0.717, 1.165) is 29.2 Å². The number of carbonyl (C=O) groups is 1. The zero-order valence-corrected chi connectivity index (χ0v) is 14.2. The predicted molar refractivity (Wildman–Crippen MR) is 93.1 cm³/mol. The third-order valence-corrected chi connectivity index (χ3v) is 4.71. The van der Waals surface area contributed by atoms with Gasteiger partial charge in [0.15, 0.2) is 0 Å². The Kier molecular flexibility index (Phi) is 4.28. The first-order valence-corrected chi connectivity index (χ1v) is 8.50. The van der Waals surface area contributed by atoms with Gasteiger partial charge in [0.05, 0.1) is 30.4 Å². The summed E-state index contributed by atoms with van der Waals surface area (Å²) >= 11 is 0. The van der Waals surface area contributed by atoms with Crippen LogP contribution in [-0.2, 0) is 22.6 Å². The van der Waals surface area contributed by atoms with Gasteiger partial charge >= 0.3 is 0 Å². The number of nitrogens with zero attached hydrogens (tertiary/aromatic N) is 3. The average Bonchev–Trinajstić information content (AvgIpc) is 3.33. The van der Waals surface area contributed by atoms with Crippen molar-refractivity contribution in [3.8, 4) is 0 Å². The molecule has 130 valence electrons. The van der Waals surface area contributed by atoms with E-state index in [0.29, 0.717) is 26.1 Å². The summed E-state index contributed by atoms with van der Waals surface area (Å²) in [4.78, 5) is 19.1. The third kappa shape index (κ3) is 3.05. The number of para-hydroxylation sites is 2. The van der Waals surface area contributed by atoms with E-state index in [4.69, 9.17) is 14.1 Å². The van der Waals surface area contributed by atoms with Gasteiger partial charge < -0.3 is 18.6 Å². The second-order valence-corrected chi connectivity index (χ2v) is 6.36. The molecule has 4 rings (SSSR count). The molecule has 0 saturated carbocycles. The molecule has 1 atom stereocenters. The topological polar surface area (TPSA) is 60.5 Å². The largest absolute Gasteiger partial charge is 0.467 e. The van der Waals surface area contributed by atoms with Gasteiger partial charge in [0.25, 0.3) is 0 Å². The van der Waals surface area contributed by atoms with Crippen LogP contribution in [0.1, 0.15) is 23.9 Å². The maximum Gasteiger partial charge on any atom is 0.223 e. The molecule has 1 amide bonds. The van der Waals surface area contributed by atoms with Crippen molar-refractivity contribution in [2.24, 2.45) is 0 Å². The normalized spacial score (nSPS) is 17.7. The molecule has 1 aliphatic rings. The molecule has 0 spiro atoms. The Hall–Kier alpha value is -2.60. The molecule has 3 heterocycles. The highest BCUT2D eigenvalue weighted by Gasteiger charge is 2.34. The first-order chi connectivity index (χ1) is 12.3. The molecular weight excluding hydrogens is 318 g/mol. The summed E-state index contributed by atoms with van der Waals surface area (Å²) in [6.45, 7) is 2.52. The Morgan fingerprint density at radius 1 is 1.28 bits per heavy atom. The van der Waals surface area contributed by atoms with Crippen LogP contribution in [0.4, 0.5) is 0 Å². The number of imidazole rings is 1. The maximum absolute atomic E-state index is 12.4. The first kappa shape index (κ1) is 15.9. The number of ether oxygens (including phenoxy) is 1. The summed E-state index contributed by atoms with van der Waals surface area (Å²) in [6, 6.07) is 11.8. The average molecular weight is 339 g/mol. The number of amides is 1. The minimum Gasteiger partial charge on any atom is -0.467 e. The van der Waals surface area contributed by atoms with Crippen molar-refractivity contribution in [3.63, 3.8) is 0 Å².